The molecule has 0 fully saturated rings. The van der Waals surface area contributed by atoms with Crippen LogP contribution in [-0.4, -0.2) is 7.05 Å². The van der Waals surface area contributed by atoms with Gasteiger partial charge in [0.1, 0.15) is 5.82 Å². The smallest absolute Gasteiger partial charge is 0.123 e. The van der Waals surface area contributed by atoms with Gasteiger partial charge in [0.2, 0.25) is 0 Å². The minimum Gasteiger partial charge on any atom is -0.313 e. The third-order valence-electron chi connectivity index (χ3n) is 4.06. The normalized spacial score (nSPS) is 12.5. The van der Waals surface area contributed by atoms with E-state index in [-0.39, 0.29) is 11.9 Å². The fourth-order valence-corrected chi connectivity index (χ4v) is 3.09. The number of likely N-dealkylation sites (N-methyl/N-ethyl adjacent to an activating group) is 1. The van der Waals surface area contributed by atoms with Gasteiger partial charge in [0, 0.05) is 6.04 Å². The fourth-order valence-electron chi connectivity index (χ4n) is 3.09. The van der Waals surface area contributed by atoms with Crippen LogP contribution in [0.3, 0.4) is 0 Å². The van der Waals surface area contributed by atoms with Crippen molar-refractivity contribution in [3.8, 4) is 0 Å². The summed E-state index contributed by atoms with van der Waals surface area (Å²) in [6.45, 7) is 8.36. The third kappa shape index (κ3) is 3.70. The van der Waals surface area contributed by atoms with Gasteiger partial charge in [-0.15, -0.1) is 0 Å². The molecule has 0 aromatic heterocycles. The van der Waals surface area contributed by atoms with Crippen LogP contribution in [0.1, 0.15) is 39.4 Å². The fraction of sp³-hybridized carbons (Fsp3) is 0.368. The second-order valence-corrected chi connectivity index (χ2v) is 5.98. The highest BCUT2D eigenvalue weighted by Gasteiger charge is 2.14. The van der Waals surface area contributed by atoms with Gasteiger partial charge >= 0.3 is 0 Å². The van der Waals surface area contributed by atoms with Crippen molar-refractivity contribution < 1.29 is 4.39 Å². The molecule has 0 radical (unpaired) electrons. The number of halogens is 1. The van der Waals surface area contributed by atoms with E-state index in [0.29, 0.717) is 0 Å². The zero-order valence-electron chi connectivity index (χ0n) is 13.5. The maximum atomic E-state index is 13.6. The van der Waals surface area contributed by atoms with Gasteiger partial charge in [0.05, 0.1) is 0 Å². The number of nitrogens with one attached hydrogen (secondary N) is 1. The summed E-state index contributed by atoms with van der Waals surface area (Å²) in [5.74, 6) is -0.164. The molecule has 0 saturated carbocycles. The lowest BCUT2D eigenvalue weighted by Crippen LogP contribution is -2.20. The first-order valence-electron chi connectivity index (χ1n) is 7.41. The molecule has 1 N–H and O–H groups in total. The highest BCUT2D eigenvalue weighted by Crippen LogP contribution is 2.25. The molecule has 0 aliphatic carbocycles. The molecule has 0 bridgehead atoms. The van der Waals surface area contributed by atoms with E-state index in [2.05, 4.69) is 44.3 Å². The zero-order valence-corrected chi connectivity index (χ0v) is 13.5. The van der Waals surface area contributed by atoms with Gasteiger partial charge in [0.25, 0.3) is 0 Å². The standard InChI is InChI=1S/C19H24FN/c1-12-6-14(3)18(15(4)7-12)11-19(21-5)16-8-13(2)9-17(20)10-16/h6-10,19,21H,11H2,1-5H3. The van der Waals surface area contributed by atoms with Crippen molar-refractivity contribution in [3.05, 3.63) is 69.5 Å². The number of hydrogen-bond donors (Lipinski definition) is 1. The topological polar surface area (TPSA) is 12.0 Å². The van der Waals surface area contributed by atoms with Crippen LogP contribution in [0.15, 0.2) is 30.3 Å². The Morgan fingerprint density at radius 2 is 1.48 bits per heavy atom. The van der Waals surface area contributed by atoms with E-state index in [1.165, 1.54) is 22.3 Å². The summed E-state index contributed by atoms with van der Waals surface area (Å²) in [5.41, 5.74) is 7.22. The number of rotatable bonds is 4. The minimum atomic E-state index is -0.164. The van der Waals surface area contributed by atoms with Gasteiger partial charge in [-0.2, -0.15) is 0 Å². The van der Waals surface area contributed by atoms with Crippen LogP contribution in [0.5, 0.6) is 0 Å². The largest absolute Gasteiger partial charge is 0.313 e. The summed E-state index contributed by atoms with van der Waals surface area (Å²) in [6.07, 6.45) is 0.872. The van der Waals surface area contributed by atoms with E-state index in [1.54, 1.807) is 12.1 Å². The molecule has 0 aliphatic rings. The van der Waals surface area contributed by atoms with Crippen molar-refractivity contribution in [1.82, 2.24) is 5.32 Å². The van der Waals surface area contributed by atoms with Crippen molar-refractivity contribution in [3.63, 3.8) is 0 Å². The van der Waals surface area contributed by atoms with Gasteiger partial charge in [-0.25, -0.2) is 4.39 Å². The Morgan fingerprint density at radius 1 is 0.905 bits per heavy atom. The SMILES string of the molecule is CNC(Cc1c(C)cc(C)cc1C)c1cc(C)cc(F)c1. The molecule has 0 spiro atoms. The molecule has 2 rings (SSSR count). The summed E-state index contributed by atoms with van der Waals surface area (Å²) in [4.78, 5) is 0. The second kappa shape index (κ2) is 6.40. The first-order chi connectivity index (χ1) is 9.90. The van der Waals surface area contributed by atoms with Gasteiger partial charge in [-0.3, -0.25) is 0 Å². The molecule has 0 heterocycles. The molecular formula is C19H24FN. The van der Waals surface area contributed by atoms with Crippen LogP contribution in [-0.2, 0) is 6.42 Å². The molecule has 21 heavy (non-hydrogen) atoms. The average molecular weight is 285 g/mol. The molecular weight excluding hydrogens is 261 g/mol. The first-order valence-corrected chi connectivity index (χ1v) is 7.41. The predicted molar refractivity (Wildman–Crippen MR) is 87.3 cm³/mol. The van der Waals surface area contributed by atoms with Gasteiger partial charge in [-0.05, 0) is 81.1 Å². The summed E-state index contributed by atoms with van der Waals surface area (Å²) in [6, 6.07) is 9.81. The Hall–Kier alpha value is -1.67. The first kappa shape index (κ1) is 15.7. The van der Waals surface area contributed by atoms with Crippen LogP contribution in [0.4, 0.5) is 4.39 Å². The molecule has 2 heteroatoms. The maximum Gasteiger partial charge on any atom is 0.123 e. The van der Waals surface area contributed by atoms with Crippen LogP contribution in [0.2, 0.25) is 0 Å². The van der Waals surface area contributed by atoms with Crippen LogP contribution in [0.25, 0.3) is 0 Å². The van der Waals surface area contributed by atoms with Gasteiger partial charge < -0.3 is 5.32 Å². The molecule has 1 nitrogen and oxygen atoms in total. The van der Waals surface area contributed by atoms with Crippen molar-refractivity contribution >= 4 is 0 Å². The molecule has 1 atom stereocenters. The Bertz CT molecular complexity index is 603. The Kier molecular flexibility index (Phi) is 4.79. The lowest BCUT2D eigenvalue weighted by atomic mass is 9.91. The lowest BCUT2D eigenvalue weighted by molar-refractivity contribution is 0.574. The molecule has 112 valence electrons. The lowest BCUT2D eigenvalue weighted by Gasteiger charge is -2.20. The highest BCUT2D eigenvalue weighted by molar-refractivity contribution is 5.39. The highest BCUT2D eigenvalue weighted by atomic mass is 19.1. The Balaban J connectivity index is 2.35. The van der Waals surface area contributed by atoms with E-state index in [4.69, 9.17) is 0 Å². The Morgan fingerprint density at radius 3 is 2.00 bits per heavy atom. The van der Waals surface area contributed by atoms with E-state index in [0.717, 1.165) is 17.5 Å². The molecule has 2 aromatic rings. The van der Waals surface area contributed by atoms with Crippen LogP contribution >= 0.6 is 0 Å². The zero-order chi connectivity index (χ0) is 15.6. The van der Waals surface area contributed by atoms with E-state index in [9.17, 15) is 4.39 Å². The number of aryl methyl sites for hydroxylation is 4. The quantitative estimate of drug-likeness (QED) is 0.868. The van der Waals surface area contributed by atoms with Crippen molar-refractivity contribution in [2.75, 3.05) is 7.05 Å². The molecule has 0 saturated heterocycles. The molecule has 0 aliphatic heterocycles. The number of benzene rings is 2. The second-order valence-electron chi connectivity index (χ2n) is 5.98. The summed E-state index contributed by atoms with van der Waals surface area (Å²) >= 11 is 0. The molecule has 2 aromatic carbocycles. The maximum absolute atomic E-state index is 13.6. The Labute approximate surface area is 127 Å². The average Bonchev–Trinajstić information content (AvgIpc) is 2.36. The number of hydrogen-bond acceptors (Lipinski definition) is 1. The summed E-state index contributed by atoms with van der Waals surface area (Å²) in [7, 11) is 1.93. The molecule has 0 amide bonds. The van der Waals surface area contributed by atoms with Crippen LogP contribution < -0.4 is 5.32 Å². The van der Waals surface area contributed by atoms with E-state index >= 15 is 0 Å². The minimum absolute atomic E-state index is 0.125. The third-order valence-corrected chi connectivity index (χ3v) is 4.06. The van der Waals surface area contributed by atoms with Crippen molar-refractivity contribution in [2.45, 2.75) is 40.2 Å². The monoisotopic (exact) mass is 285 g/mol. The van der Waals surface area contributed by atoms with E-state index in [1.807, 2.05) is 14.0 Å². The summed E-state index contributed by atoms with van der Waals surface area (Å²) in [5, 5.41) is 3.32. The van der Waals surface area contributed by atoms with Gasteiger partial charge in [-0.1, -0.05) is 23.8 Å². The molecule has 1 unspecified atom stereocenters. The van der Waals surface area contributed by atoms with Crippen LogP contribution in [0, 0.1) is 33.5 Å². The summed E-state index contributed by atoms with van der Waals surface area (Å²) < 4.78 is 13.6. The van der Waals surface area contributed by atoms with Crippen molar-refractivity contribution in [2.24, 2.45) is 0 Å². The van der Waals surface area contributed by atoms with E-state index < -0.39 is 0 Å². The van der Waals surface area contributed by atoms with Crippen molar-refractivity contribution in [1.29, 1.82) is 0 Å². The van der Waals surface area contributed by atoms with Gasteiger partial charge in [0.15, 0.2) is 0 Å². The predicted octanol–water partition coefficient (Wildman–Crippen LogP) is 4.56.